The van der Waals surface area contributed by atoms with Gasteiger partial charge >= 0.3 is 5.97 Å². The molecule has 1 aromatic rings. The maximum Gasteiger partial charge on any atom is 0.330 e. The Labute approximate surface area is 113 Å². The van der Waals surface area contributed by atoms with Gasteiger partial charge in [0.05, 0.1) is 7.11 Å². The number of anilines is 1. The molecule has 0 radical (unpaired) electrons. The molecule has 1 N–H and O–H groups in total. The summed E-state index contributed by atoms with van der Waals surface area (Å²) in [5, 5.41) is 3.50. The Morgan fingerprint density at radius 3 is 3.00 bits per heavy atom. The molecule has 0 aliphatic carbocycles. The van der Waals surface area contributed by atoms with Crippen LogP contribution in [0.3, 0.4) is 0 Å². The van der Waals surface area contributed by atoms with Gasteiger partial charge in [0.25, 0.3) is 0 Å². The second-order valence-corrected chi connectivity index (χ2v) is 5.06. The van der Waals surface area contributed by atoms with Crippen LogP contribution in [0.4, 0.5) is 5.69 Å². The zero-order valence-electron chi connectivity index (χ0n) is 11.0. The van der Waals surface area contributed by atoms with E-state index in [1.165, 1.54) is 25.3 Å². The minimum Gasteiger partial charge on any atom is -0.466 e. The van der Waals surface area contributed by atoms with Gasteiger partial charge in [0.2, 0.25) is 0 Å². The van der Waals surface area contributed by atoms with E-state index in [1.807, 2.05) is 24.3 Å². The number of hydrogen-bond acceptors (Lipinski definition) is 4. The number of rotatable bonds is 3. The average Bonchev–Trinajstić information content (AvgIpc) is 3.07. The zero-order chi connectivity index (χ0) is 13.2. The smallest absolute Gasteiger partial charge is 0.330 e. The first kappa shape index (κ1) is 12.2. The van der Waals surface area contributed by atoms with Crippen LogP contribution in [0.2, 0.25) is 0 Å². The molecule has 0 spiro atoms. The summed E-state index contributed by atoms with van der Waals surface area (Å²) in [6.07, 6.45) is 4.53. The van der Waals surface area contributed by atoms with Crippen molar-refractivity contribution in [1.82, 2.24) is 5.32 Å². The number of benzene rings is 1. The predicted octanol–water partition coefficient (Wildman–Crippen LogP) is 1.42. The van der Waals surface area contributed by atoms with Gasteiger partial charge in [0, 0.05) is 36.9 Å². The number of nitrogens with zero attached hydrogens (tertiary/aromatic N) is 1. The van der Waals surface area contributed by atoms with Crippen molar-refractivity contribution in [3.63, 3.8) is 0 Å². The molecule has 100 valence electrons. The van der Waals surface area contributed by atoms with Crippen LogP contribution >= 0.6 is 0 Å². The highest BCUT2D eigenvalue weighted by Crippen LogP contribution is 2.32. The normalized spacial score (nSPS) is 25.2. The zero-order valence-corrected chi connectivity index (χ0v) is 11.0. The standard InChI is InChI=1S/C15H18N2O2/c1-19-15(18)7-6-11-4-2-3-5-14(11)17-10-12-8-13(17)9-16-12/h2-7,12-13,16H,8-10H2,1H3. The number of fused-ring (bicyclic) bond motifs is 2. The quantitative estimate of drug-likeness (QED) is 0.658. The van der Waals surface area contributed by atoms with Crippen LogP contribution in [0, 0.1) is 0 Å². The van der Waals surface area contributed by atoms with Crippen LogP contribution in [-0.4, -0.2) is 38.3 Å². The number of para-hydroxylation sites is 1. The molecule has 3 rings (SSSR count). The van der Waals surface area contributed by atoms with E-state index in [0.717, 1.165) is 18.7 Å². The Morgan fingerprint density at radius 1 is 1.47 bits per heavy atom. The second-order valence-electron chi connectivity index (χ2n) is 5.06. The van der Waals surface area contributed by atoms with Gasteiger partial charge in [-0.25, -0.2) is 4.79 Å². The van der Waals surface area contributed by atoms with Crippen LogP contribution in [0.15, 0.2) is 30.3 Å². The summed E-state index contributed by atoms with van der Waals surface area (Å²) in [7, 11) is 1.39. The van der Waals surface area contributed by atoms with Crippen LogP contribution in [0.1, 0.15) is 12.0 Å². The van der Waals surface area contributed by atoms with Crippen molar-refractivity contribution in [3.05, 3.63) is 35.9 Å². The Hall–Kier alpha value is -1.81. The maximum atomic E-state index is 11.2. The van der Waals surface area contributed by atoms with Crippen LogP contribution in [0.5, 0.6) is 0 Å². The first-order chi connectivity index (χ1) is 9.28. The molecule has 19 heavy (non-hydrogen) atoms. The predicted molar refractivity (Wildman–Crippen MR) is 75.0 cm³/mol. The van der Waals surface area contributed by atoms with Gasteiger partial charge in [-0.15, -0.1) is 0 Å². The number of esters is 1. The molecule has 2 saturated heterocycles. The third-order valence-corrected chi connectivity index (χ3v) is 3.90. The summed E-state index contributed by atoms with van der Waals surface area (Å²) in [6, 6.07) is 9.39. The first-order valence-electron chi connectivity index (χ1n) is 6.63. The van der Waals surface area contributed by atoms with E-state index in [9.17, 15) is 4.79 Å². The van der Waals surface area contributed by atoms with Crippen LogP contribution in [0.25, 0.3) is 6.08 Å². The average molecular weight is 258 g/mol. The largest absolute Gasteiger partial charge is 0.466 e. The summed E-state index contributed by atoms with van der Waals surface area (Å²) in [6.45, 7) is 2.10. The highest BCUT2D eigenvalue weighted by molar-refractivity contribution is 5.88. The maximum absolute atomic E-state index is 11.2. The van der Waals surface area contributed by atoms with Crippen molar-refractivity contribution < 1.29 is 9.53 Å². The molecule has 2 fully saturated rings. The lowest BCUT2D eigenvalue weighted by Crippen LogP contribution is -2.43. The molecule has 2 aliphatic heterocycles. The Balaban J connectivity index is 1.85. The molecule has 2 heterocycles. The lowest BCUT2D eigenvalue weighted by Gasteiger charge is -2.30. The van der Waals surface area contributed by atoms with Crippen LogP contribution in [-0.2, 0) is 9.53 Å². The molecule has 2 atom stereocenters. The van der Waals surface area contributed by atoms with Crippen molar-refractivity contribution >= 4 is 17.7 Å². The molecule has 4 nitrogen and oxygen atoms in total. The first-order valence-corrected chi connectivity index (χ1v) is 6.63. The lowest BCUT2D eigenvalue weighted by molar-refractivity contribution is -0.134. The van der Waals surface area contributed by atoms with E-state index in [-0.39, 0.29) is 5.97 Å². The molecule has 2 bridgehead atoms. The highest BCUT2D eigenvalue weighted by Gasteiger charge is 2.37. The topological polar surface area (TPSA) is 41.6 Å². The second kappa shape index (κ2) is 5.05. The minimum absolute atomic E-state index is 0.320. The number of piperazine rings is 1. The van der Waals surface area contributed by atoms with Gasteiger partial charge in [-0.3, -0.25) is 0 Å². The van der Waals surface area contributed by atoms with Crippen molar-refractivity contribution in [2.24, 2.45) is 0 Å². The molecule has 4 heteroatoms. The summed E-state index contributed by atoms with van der Waals surface area (Å²) in [5.74, 6) is -0.320. The molecule has 1 aromatic carbocycles. The van der Waals surface area contributed by atoms with E-state index >= 15 is 0 Å². The van der Waals surface area contributed by atoms with E-state index in [1.54, 1.807) is 0 Å². The SMILES string of the molecule is COC(=O)C=Cc1ccccc1N1CC2CC1CN2. The van der Waals surface area contributed by atoms with Crippen molar-refractivity contribution in [3.8, 4) is 0 Å². The lowest BCUT2D eigenvalue weighted by atomic mass is 10.1. The van der Waals surface area contributed by atoms with E-state index < -0.39 is 0 Å². The Kier molecular flexibility index (Phi) is 3.25. The molecule has 2 aliphatic rings. The summed E-state index contributed by atoms with van der Waals surface area (Å²) in [4.78, 5) is 13.7. The highest BCUT2D eigenvalue weighted by atomic mass is 16.5. The van der Waals surface area contributed by atoms with Gasteiger partial charge in [-0.2, -0.15) is 0 Å². The number of nitrogens with one attached hydrogen (secondary N) is 1. The minimum atomic E-state index is -0.320. The fraction of sp³-hybridized carbons (Fsp3) is 0.400. The monoisotopic (exact) mass is 258 g/mol. The molecule has 0 aromatic heterocycles. The van der Waals surface area contributed by atoms with Gasteiger partial charge in [0.1, 0.15) is 0 Å². The number of methoxy groups -OCH3 is 1. The van der Waals surface area contributed by atoms with Crippen molar-refractivity contribution in [2.75, 3.05) is 25.1 Å². The molecule has 0 amide bonds. The van der Waals surface area contributed by atoms with Crippen molar-refractivity contribution in [1.29, 1.82) is 0 Å². The van der Waals surface area contributed by atoms with E-state index in [0.29, 0.717) is 12.1 Å². The fourth-order valence-electron chi connectivity index (χ4n) is 2.97. The Bertz CT molecular complexity index is 513. The van der Waals surface area contributed by atoms with Gasteiger partial charge in [-0.05, 0) is 24.1 Å². The molecular formula is C15H18N2O2. The van der Waals surface area contributed by atoms with Crippen LogP contribution < -0.4 is 10.2 Å². The summed E-state index contributed by atoms with van der Waals surface area (Å²) in [5.41, 5.74) is 2.28. The number of ether oxygens (including phenoxy) is 1. The van der Waals surface area contributed by atoms with Gasteiger partial charge in [-0.1, -0.05) is 18.2 Å². The van der Waals surface area contributed by atoms with Crippen molar-refractivity contribution in [2.45, 2.75) is 18.5 Å². The summed E-state index contributed by atoms with van der Waals surface area (Å²) >= 11 is 0. The molecular weight excluding hydrogens is 240 g/mol. The third kappa shape index (κ3) is 2.36. The molecule has 2 unspecified atom stereocenters. The third-order valence-electron chi connectivity index (χ3n) is 3.90. The van der Waals surface area contributed by atoms with E-state index in [4.69, 9.17) is 0 Å². The van der Waals surface area contributed by atoms with Gasteiger partial charge < -0.3 is 15.0 Å². The summed E-state index contributed by atoms with van der Waals surface area (Å²) < 4.78 is 4.64. The Morgan fingerprint density at radius 2 is 2.32 bits per heavy atom. The number of carbonyl (C=O) groups excluding carboxylic acids is 1. The van der Waals surface area contributed by atoms with E-state index in [2.05, 4.69) is 21.0 Å². The number of carbonyl (C=O) groups is 1. The fourth-order valence-corrected chi connectivity index (χ4v) is 2.97. The van der Waals surface area contributed by atoms with Gasteiger partial charge in [0.15, 0.2) is 0 Å². The number of hydrogen-bond donors (Lipinski definition) is 1. The molecule has 0 saturated carbocycles.